The number of methoxy groups -OCH3 is 2. The molecule has 4 rings (SSSR count). The lowest BCUT2D eigenvalue weighted by molar-refractivity contribution is -0.116. The molecular weight excluding hydrogens is 420 g/mol. The van der Waals surface area contributed by atoms with E-state index in [0.717, 1.165) is 25.2 Å². The Hall–Kier alpha value is -3.65. The van der Waals surface area contributed by atoms with Crippen LogP contribution in [0.15, 0.2) is 53.3 Å². The summed E-state index contributed by atoms with van der Waals surface area (Å²) in [6.07, 6.45) is 0.719. The van der Waals surface area contributed by atoms with Crippen molar-refractivity contribution in [3.05, 3.63) is 81.5 Å². The molecule has 8 heteroatoms. The minimum absolute atomic E-state index is 0.113. The monoisotopic (exact) mass is 448 g/mol. The minimum Gasteiger partial charge on any atom is -0.493 e. The highest BCUT2D eigenvalue weighted by atomic mass is 16.5. The Kier molecular flexibility index (Phi) is 6.74. The maximum absolute atomic E-state index is 13.3. The number of fused-ring (bicyclic) bond motifs is 1. The Morgan fingerprint density at radius 3 is 2.58 bits per heavy atom. The molecule has 33 heavy (non-hydrogen) atoms. The second-order valence-electron chi connectivity index (χ2n) is 8.04. The molecule has 0 unspecified atom stereocenters. The van der Waals surface area contributed by atoms with Crippen LogP contribution < -0.4 is 20.3 Å². The molecule has 2 heterocycles. The van der Waals surface area contributed by atoms with Gasteiger partial charge in [0.2, 0.25) is 5.91 Å². The van der Waals surface area contributed by atoms with Crippen LogP contribution >= 0.6 is 0 Å². The molecule has 1 amide bonds. The fourth-order valence-electron chi connectivity index (χ4n) is 4.11. The first-order valence-electron chi connectivity index (χ1n) is 10.9. The van der Waals surface area contributed by atoms with Crippen molar-refractivity contribution in [3.63, 3.8) is 0 Å². The third kappa shape index (κ3) is 5.06. The van der Waals surface area contributed by atoms with E-state index in [2.05, 4.69) is 27.3 Å². The van der Waals surface area contributed by atoms with Crippen molar-refractivity contribution in [1.82, 2.24) is 14.5 Å². The highest BCUT2D eigenvalue weighted by molar-refractivity contribution is 5.91. The Balaban J connectivity index is 1.50. The molecule has 3 aromatic rings. The van der Waals surface area contributed by atoms with Gasteiger partial charge in [-0.15, -0.1) is 0 Å². The van der Waals surface area contributed by atoms with Gasteiger partial charge in [0.15, 0.2) is 11.5 Å². The van der Waals surface area contributed by atoms with Gasteiger partial charge >= 0.3 is 0 Å². The molecular formula is C25H28N4O4. The molecule has 2 aromatic carbocycles. The van der Waals surface area contributed by atoms with E-state index >= 15 is 0 Å². The number of hydrogen-bond donors (Lipinski definition) is 1. The molecule has 1 aromatic heterocycles. The zero-order valence-corrected chi connectivity index (χ0v) is 19.1. The lowest BCUT2D eigenvalue weighted by Gasteiger charge is -2.28. The molecule has 0 bridgehead atoms. The zero-order chi connectivity index (χ0) is 23.4. The van der Waals surface area contributed by atoms with Gasteiger partial charge in [-0.2, -0.15) is 0 Å². The molecule has 1 N–H and O–H groups in total. The molecule has 0 atom stereocenters. The Morgan fingerprint density at radius 2 is 1.85 bits per heavy atom. The maximum atomic E-state index is 13.3. The number of anilines is 1. The van der Waals surface area contributed by atoms with Gasteiger partial charge in [0.25, 0.3) is 5.56 Å². The van der Waals surface area contributed by atoms with E-state index in [9.17, 15) is 9.59 Å². The van der Waals surface area contributed by atoms with Crippen LogP contribution in [0.2, 0.25) is 0 Å². The molecule has 172 valence electrons. The topological polar surface area (TPSA) is 85.7 Å². The van der Waals surface area contributed by atoms with Crippen molar-refractivity contribution in [3.8, 4) is 11.5 Å². The number of carbonyl (C=O) groups is 1. The molecule has 0 saturated carbocycles. The number of amides is 1. The van der Waals surface area contributed by atoms with Crippen molar-refractivity contribution in [2.45, 2.75) is 33.0 Å². The Labute approximate surface area is 192 Å². The summed E-state index contributed by atoms with van der Waals surface area (Å²) < 4.78 is 12.0. The summed E-state index contributed by atoms with van der Waals surface area (Å²) in [7, 11) is 3.08. The maximum Gasteiger partial charge on any atom is 0.258 e. The molecule has 1 aliphatic rings. The van der Waals surface area contributed by atoms with Crippen molar-refractivity contribution in [2.75, 3.05) is 26.1 Å². The second-order valence-corrected chi connectivity index (χ2v) is 8.04. The number of carbonyl (C=O) groups excluding carboxylic acids is 1. The predicted molar refractivity (Wildman–Crippen MR) is 126 cm³/mol. The first-order valence-corrected chi connectivity index (χ1v) is 10.9. The zero-order valence-electron chi connectivity index (χ0n) is 19.1. The van der Waals surface area contributed by atoms with Gasteiger partial charge in [0.1, 0.15) is 12.4 Å². The predicted octanol–water partition coefficient (Wildman–Crippen LogP) is 2.77. The lowest BCUT2D eigenvalue weighted by atomic mass is 10.1. The molecule has 1 aliphatic heterocycles. The smallest absolute Gasteiger partial charge is 0.258 e. The summed E-state index contributed by atoms with van der Waals surface area (Å²) in [4.78, 5) is 32.9. The van der Waals surface area contributed by atoms with Crippen molar-refractivity contribution in [2.24, 2.45) is 0 Å². The van der Waals surface area contributed by atoms with Crippen LogP contribution in [0.4, 0.5) is 5.69 Å². The van der Waals surface area contributed by atoms with Crippen LogP contribution in [0, 0.1) is 6.92 Å². The summed E-state index contributed by atoms with van der Waals surface area (Å²) in [6, 6.07) is 15.3. The first kappa shape index (κ1) is 22.5. The van der Waals surface area contributed by atoms with Gasteiger partial charge in [0.05, 0.1) is 25.5 Å². The molecule has 0 saturated heterocycles. The second kappa shape index (κ2) is 9.87. The van der Waals surface area contributed by atoms with Crippen molar-refractivity contribution in [1.29, 1.82) is 0 Å². The van der Waals surface area contributed by atoms with E-state index in [1.165, 1.54) is 17.2 Å². The highest BCUT2D eigenvalue weighted by Gasteiger charge is 2.23. The van der Waals surface area contributed by atoms with E-state index in [1.807, 2.05) is 18.2 Å². The van der Waals surface area contributed by atoms with Gasteiger partial charge in [-0.25, -0.2) is 4.98 Å². The van der Waals surface area contributed by atoms with Crippen molar-refractivity contribution >= 4 is 11.6 Å². The van der Waals surface area contributed by atoms with E-state index in [4.69, 9.17) is 9.47 Å². The number of nitrogens with one attached hydrogen (secondary N) is 1. The summed E-state index contributed by atoms with van der Waals surface area (Å²) in [5, 5.41) is 2.82. The Morgan fingerprint density at radius 1 is 1.09 bits per heavy atom. The third-order valence-electron chi connectivity index (χ3n) is 5.80. The van der Waals surface area contributed by atoms with Gasteiger partial charge in [0, 0.05) is 37.8 Å². The van der Waals surface area contributed by atoms with Crippen LogP contribution in [0.3, 0.4) is 0 Å². The van der Waals surface area contributed by atoms with Crippen molar-refractivity contribution < 1.29 is 14.3 Å². The van der Waals surface area contributed by atoms with Crippen LogP contribution in [0.5, 0.6) is 11.5 Å². The van der Waals surface area contributed by atoms with E-state index in [0.29, 0.717) is 35.1 Å². The van der Waals surface area contributed by atoms with Crippen LogP contribution in [0.25, 0.3) is 0 Å². The summed E-state index contributed by atoms with van der Waals surface area (Å²) in [6.45, 7) is 3.79. The SMILES string of the molecule is COc1ccc(NC(=O)Cn2c(C)nc3c(c2=O)CN(Cc2ccccc2)CC3)cc1OC. The van der Waals surface area contributed by atoms with E-state index in [1.54, 1.807) is 32.2 Å². The normalized spacial score (nSPS) is 13.3. The summed E-state index contributed by atoms with van der Waals surface area (Å²) in [5.41, 5.74) is 3.11. The number of ether oxygens (including phenoxy) is 2. The summed E-state index contributed by atoms with van der Waals surface area (Å²) >= 11 is 0. The van der Waals surface area contributed by atoms with Crippen LogP contribution in [-0.4, -0.2) is 41.1 Å². The number of nitrogens with zero attached hydrogens (tertiary/aromatic N) is 3. The number of benzene rings is 2. The van der Waals surface area contributed by atoms with E-state index in [-0.39, 0.29) is 18.0 Å². The lowest BCUT2D eigenvalue weighted by Crippen LogP contribution is -2.39. The Bertz CT molecular complexity index is 1210. The third-order valence-corrected chi connectivity index (χ3v) is 5.80. The average molecular weight is 449 g/mol. The molecule has 0 fully saturated rings. The largest absolute Gasteiger partial charge is 0.493 e. The number of aromatic nitrogens is 2. The van der Waals surface area contributed by atoms with E-state index < -0.39 is 0 Å². The molecule has 0 radical (unpaired) electrons. The average Bonchev–Trinajstić information content (AvgIpc) is 2.82. The van der Waals surface area contributed by atoms with Gasteiger partial charge < -0.3 is 14.8 Å². The number of rotatable bonds is 7. The fourth-order valence-corrected chi connectivity index (χ4v) is 4.11. The van der Waals surface area contributed by atoms with Gasteiger partial charge in [-0.3, -0.25) is 19.1 Å². The molecule has 0 aliphatic carbocycles. The molecule has 8 nitrogen and oxygen atoms in total. The van der Waals surface area contributed by atoms with Crippen LogP contribution in [-0.2, 0) is 30.8 Å². The first-order chi connectivity index (χ1) is 16.0. The minimum atomic E-state index is -0.314. The molecule has 0 spiro atoms. The standard InChI is InChI=1S/C25H28N4O4/c1-17-26-21-11-12-28(14-18-7-5-4-6-8-18)15-20(21)25(31)29(17)16-24(30)27-19-9-10-22(32-2)23(13-19)33-3/h4-10,13H,11-12,14-16H2,1-3H3,(H,27,30). The van der Waals surface area contributed by atoms with Crippen LogP contribution in [0.1, 0.15) is 22.6 Å². The fraction of sp³-hybridized carbons (Fsp3) is 0.320. The number of aryl methyl sites for hydroxylation is 1. The van der Waals surface area contributed by atoms with Gasteiger partial charge in [-0.05, 0) is 24.6 Å². The summed E-state index contributed by atoms with van der Waals surface area (Å²) in [5.74, 6) is 1.31. The van der Waals surface area contributed by atoms with Gasteiger partial charge in [-0.1, -0.05) is 30.3 Å². The quantitative estimate of drug-likeness (QED) is 0.598. The highest BCUT2D eigenvalue weighted by Crippen LogP contribution is 2.29. The number of hydrogen-bond acceptors (Lipinski definition) is 6.